The Morgan fingerprint density at radius 1 is 1.45 bits per heavy atom. The first kappa shape index (κ1) is 14.5. The molecule has 0 saturated carbocycles. The highest BCUT2D eigenvalue weighted by Gasteiger charge is 2.08. The number of benzene rings is 1. The average Bonchev–Trinajstić information content (AvgIpc) is 2.80. The third-order valence-corrected chi connectivity index (χ3v) is 2.84. The molecule has 0 saturated heterocycles. The lowest BCUT2D eigenvalue weighted by Crippen LogP contribution is -2.17. The zero-order chi connectivity index (χ0) is 14.5. The van der Waals surface area contributed by atoms with Crippen molar-refractivity contribution in [2.24, 2.45) is 5.73 Å². The number of nitrogens with two attached hydrogens (primary N) is 1. The fourth-order valence-corrected chi connectivity index (χ4v) is 2.00. The molecule has 1 heterocycles. The van der Waals surface area contributed by atoms with Crippen LogP contribution in [-0.4, -0.2) is 15.8 Å². The molecule has 4 nitrogen and oxygen atoms in total. The van der Waals surface area contributed by atoms with Crippen molar-refractivity contribution in [1.29, 1.82) is 0 Å². The summed E-state index contributed by atoms with van der Waals surface area (Å²) in [5.74, 6) is 0.359. The van der Waals surface area contributed by atoms with E-state index in [1.807, 2.05) is 13.0 Å². The van der Waals surface area contributed by atoms with Crippen LogP contribution in [0.25, 0.3) is 0 Å². The number of hydrogen-bond donors (Lipinski definition) is 1. The van der Waals surface area contributed by atoms with Crippen LogP contribution in [0.3, 0.4) is 0 Å². The maximum Gasteiger partial charge on any atom is 0.165 e. The molecule has 5 heteroatoms. The van der Waals surface area contributed by atoms with Crippen molar-refractivity contribution in [3.8, 4) is 11.5 Å². The van der Waals surface area contributed by atoms with E-state index in [9.17, 15) is 4.39 Å². The van der Waals surface area contributed by atoms with Crippen molar-refractivity contribution in [3.63, 3.8) is 0 Å². The molecule has 0 fully saturated rings. The molecule has 2 aromatic rings. The van der Waals surface area contributed by atoms with Crippen molar-refractivity contribution >= 4 is 0 Å². The van der Waals surface area contributed by atoms with Gasteiger partial charge in [0.25, 0.3) is 0 Å². The van der Waals surface area contributed by atoms with Crippen molar-refractivity contribution in [2.75, 3.05) is 0 Å². The van der Waals surface area contributed by atoms with Crippen LogP contribution >= 0.6 is 0 Å². The minimum atomic E-state index is -0.383. The van der Waals surface area contributed by atoms with E-state index < -0.39 is 0 Å². The maximum absolute atomic E-state index is 13.9. The maximum atomic E-state index is 13.9. The topological polar surface area (TPSA) is 53.1 Å². The summed E-state index contributed by atoms with van der Waals surface area (Å²) >= 11 is 0. The summed E-state index contributed by atoms with van der Waals surface area (Å²) < 4.78 is 21.2. The molecule has 0 aliphatic carbocycles. The summed E-state index contributed by atoms with van der Waals surface area (Å²) in [6, 6.07) is 4.94. The number of hydrogen-bond acceptors (Lipinski definition) is 3. The van der Waals surface area contributed by atoms with Crippen molar-refractivity contribution < 1.29 is 9.13 Å². The third kappa shape index (κ3) is 3.81. The monoisotopic (exact) mass is 277 g/mol. The molecule has 20 heavy (non-hydrogen) atoms. The SMILES string of the molecule is CCCn1cc(Oc2ccc(CC(C)N)cc2F)cn1. The van der Waals surface area contributed by atoms with Gasteiger partial charge in [-0.1, -0.05) is 13.0 Å². The summed E-state index contributed by atoms with van der Waals surface area (Å²) in [7, 11) is 0. The highest BCUT2D eigenvalue weighted by atomic mass is 19.1. The molecule has 0 amide bonds. The molecule has 2 rings (SSSR count). The molecular weight excluding hydrogens is 257 g/mol. The number of nitrogens with zero attached hydrogens (tertiary/aromatic N) is 2. The van der Waals surface area contributed by atoms with Crippen LogP contribution in [0.2, 0.25) is 0 Å². The molecule has 1 unspecified atom stereocenters. The van der Waals surface area contributed by atoms with E-state index in [0.717, 1.165) is 18.5 Å². The van der Waals surface area contributed by atoms with E-state index in [1.165, 1.54) is 6.07 Å². The van der Waals surface area contributed by atoms with Gasteiger partial charge in [-0.2, -0.15) is 5.10 Å². The van der Waals surface area contributed by atoms with Gasteiger partial charge in [0.2, 0.25) is 0 Å². The van der Waals surface area contributed by atoms with Crippen LogP contribution < -0.4 is 10.5 Å². The lowest BCUT2D eigenvalue weighted by Gasteiger charge is -2.08. The molecule has 108 valence electrons. The number of aryl methyl sites for hydroxylation is 1. The minimum absolute atomic E-state index is 0.00782. The summed E-state index contributed by atoms with van der Waals surface area (Å²) in [6.07, 6.45) is 4.98. The van der Waals surface area contributed by atoms with Crippen LogP contribution in [0.1, 0.15) is 25.8 Å². The quantitative estimate of drug-likeness (QED) is 0.882. The summed E-state index contributed by atoms with van der Waals surface area (Å²) in [6.45, 7) is 4.78. The lowest BCUT2D eigenvalue weighted by atomic mass is 10.1. The standard InChI is InChI=1S/C15H20FN3O/c1-3-6-19-10-13(9-18-19)20-15-5-4-12(7-11(2)17)8-14(15)16/h4-5,8-11H,3,6-7,17H2,1-2H3. The van der Waals surface area contributed by atoms with Crippen LogP contribution in [0.4, 0.5) is 4.39 Å². The smallest absolute Gasteiger partial charge is 0.165 e. The van der Waals surface area contributed by atoms with Gasteiger partial charge in [0.05, 0.1) is 12.4 Å². The predicted octanol–water partition coefficient (Wildman–Crippen LogP) is 3.11. The normalized spacial score (nSPS) is 12.4. The Bertz CT molecular complexity index is 566. The van der Waals surface area contributed by atoms with Gasteiger partial charge in [-0.15, -0.1) is 0 Å². The van der Waals surface area contributed by atoms with Crippen LogP contribution in [0, 0.1) is 5.82 Å². The summed E-state index contributed by atoms with van der Waals surface area (Å²) in [5, 5.41) is 4.14. The van der Waals surface area contributed by atoms with Crippen molar-refractivity contribution in [1.82, 2.24) is 9.78 Å². The van der Waals surface area contributed by atoms with E-state index in [0.29, 0.717) is 12.2 Å². The van der Waals surface area contributed by atoms with Gasteiger partial charge in [-0.25, -0.2) is 4.39 Å². The van der Waals surface area contributed by atoms with Crippen LogP contribution in [-0.2, 0) is 13.0 Å². The molecule has 1 atom stereocenters. The molecule has 1 aromatic heterocycles. The molecule has 0 spiro atoms. The Balaban J connectivity index is 2.08. The van der Waals surface area contributed by atoms with Gasteiger partial charge in [-0.05, 0) is 37.5 Å². The van der Waals surface area contributed by atoms with Gasteiger partial charge in [0.1, 0.15) is 0 Å². The highest BCUT2D eigenvalue weighted by molar-refractivity contribution is 5.33. The molecule has 0 aliphatic heterocycles. The molecule has 2 N–H and O–H groups in total. The molecule has 0 bridgehead atoms. The van der Waals surface area contributed by atoms with E-state index >= 15 is 0 Å². The fraction of sp³-hybridized carbons (Fsp3) is 0.400. The number of halogens is 1. The van der Waals surface area contributed by atoms with Crippen LogP contribution in [0.5, 0.6) is 11.5 Å². The first-order chi connectivity index (χ1) is 9.58. The van der Waals surface area contributed by atoms with Crippen LogP contribution in [0.15, 0.2) is 30.6 Å². The fourth-order valence-electron chi connectivity index (χ4n) is 2.00. The Morgan fingerprint density at radius 2 is 2.25 bits per heavy atom. The Kier molecular flexibility index (Phi) is 4.74. The zero-order valence-corrected chi connectivity index (χ0v) is 11.8. The van der Waals surface area contributed by atoms with E-state index in [4.69, 9.17) is 10.5 Å². The van der Waals surface area contributed by atoms with E-state index in [1.54, 1.807) is 23.1 Å². The van der Waals surface area contributed by atoms with E-state index in [-0.39, 0.29) is 17.6 Å². The second-order valence-electron chi connectivity index (χ2n) is 4.99. The van der Waals surface area contributed by atoms with Crippen molar-refractivity contribution in [3.05, 3.63) is 42.0 Å². The first-order valence-electron chi connectivity index (χ1n) is 6.82. The van der Waals surface area contributed by atoms with Gasteiger partial charge in [0, 0.05) is 12.6 Å². The van der Waals surface area contributed by atoms with Gasteiger partial charge < -0.3 is 10.5 Å². The zero-order valence-electron chi connectivity index (χ0n) is 11.8. The molecular formula is C15H20FN3O. The summed E-state index contributed by atoms with van der Waals surface area (Å²) in [5.41, 5.74) is 6.57. The number of rotatable bonds is 6. The minimum Gasteiger partial charge on any atom is -0.451 e. The van der Waals surface area contributed by atoms with Crippen molar-refractivity contribution in [2.45, 2.75) is 39.3 Å². The molecule has 0 aliphatic rings. The Labute approximate surface area is 118 Å². The predicted molar refractivity (Wildman–Crippen MR) is 76.3 cm³/mol. The van der Waals surface area contributed by atoms with E-state index in [2.05, 4.69) is 12.0 Å². The largest absolute Gasteiger partial charge is 0.451 e. The number of ether oxygens (including phenoxy) is 1. The second-order valence-corrected chi connectivity index (χ2v) is 4.99. The Hall–Kier alpha value is -1.88. The first-order valence-corrected chi connectivity index (χ1v) is 6.82. The molecule has 0 radical (unpaired) electrons. The van der Waals surface area contributed by atoms with Gasteiger partial charge >= 0.3 is 0 Å². The van der Waals surface area contributed by atoms with Gasteiger partial charge in [-0.3, -0.25) is 4.68 Å². The molecule has 1 aromatic carbocycles. The second kappa shape index (κ2) is 6.52. The number of aromatic nitrogens is 2. The van der Waals surface area contributed by atoms with Gasteiger partial charge in [0.15, 0.2) is 17.3 Å². The lowest BCUT2D eigenvalue weighted by molar-refractivity contribution is 0.440. The highest BCUT2D eigenvalue weighted by Crippen LogP contribution is 2.25. The Morgan fingerprint density at radius 3 is 2.90 bits per heavy atom. The third-order valence-electron chi connectivity index (χ3n) is 2.84. The summed E-state index contributed by atoms with van der Waals surface area (Å²) in [4.78, 5) is 0. The average molecular weight is 277 g/mol.